The van der Waals surface area contributed by atoms with E-state index in [-0.39, 0.29) is 23.0 Å². The molecule has 0 N–H and O–H groups in total. The number of hydrogen-bond acceptors (Lipinski definition) is 6. The van der Waals surface area contributed by atoms with Crippen LogP contribution < -0.4 is 10.5 Å². The van der Waals surface area contributed by atoms with Crippen molar-refractivity contribution in [1.29, 1.82) is 0 Å². The minimum absolute atomic E-state index is 0.0309. The summed E-state index contributed by atoms with van der Waals surface area (Å²) in [6.45, 7) is 2.65. The third-order valence-electron chi connectivity index (χ3n) is 4.80. The van der Waals surface area contributed by atoms with E-state index in [0.717, 1.165) is 5.69 Å². The van der Waals surface area contributed by atoms with Gasteiger partial charge in [-0.25, -0.2) is 9.37 Å². The first-order valence-corrected chi connectivity index (χ1v) is 10.7. The summed E-state index contributed by atoms with van der Waals surface area (Å²) in [5.74, 6) is 0.0218. The Hall–Kier alpha value is -2.39. The lowest BCUT2D eigenvalue weighted by Gasteiger charge is -2.36. The Morgan fingerprint density at radius 1 is 1.18 bits per heavy atom. The van der Waals surface area contributed by atoms with Crippen LogP contribution in [0, 0.1) is 5.82 Å². The Bertz CT molecular complexity index is 1060. The summed E-state index contributed by atoms with van der Waals surface area (Å²) in [5, 5.41) is 2.40. The van der Waals surface area contributed by atoms with Crippen LogP contribution in [0.25, 0.3) is 10.2 Å². The molecule has 0 atom stereocenters. The molecule has 0 spiro atoms. The van der Waals surface area contributed by atoms with Crippen LogP contribution in [0.3, 0.4) is 0 Å². The third-order valence-corrected chi connectivity index (χ3v) is 6.70. The van der Waals surface area contributed by atoms with E-state index in [4.69, 9.17) is 0 Å². The Morgan fingerprint density at radius 2 is 1.89 bits per heavy atom. The number of thiophene rings is 1. The molecule has 1 aliphatic heterocycles. The maximum atomic E-state index is 13.1. The van der Waals surface area contributed by atoms with Gasteiger partial charge in [-0.3, -0.25) is 14.2 Å². The number of piperazine rings is 1. The maximum absolute atomic E-state index is 13.1. The fourth-order valence-electron chi connectivity index (χ4n) is 3.18. The normalized spacial score (nSPS) is 14.6. The van der Waals surface area contributed by atoms with Crippen molar-refractivity contribution < 1.29 is 9.18 Å². The van der Waals surface area contributed by atoms with E-state index in [1.54, 1.807) is 19.2 Å². The third kappa shape index (κ3) is 3.77. The Morgan fingerprint density at radius 3 is 2.61 bits per heavy atom. The molecule has 4 rings (SSSR count). The Balaban J connectivity index is 1.36. The van der Waals surface area contributed by atoms with E-state index in [0.29, 0.717) is 41.6 Å². The largest absolute Gasteiger partial charge is 0.368 e. The monoisotopic (exact) mass is 418 g/mol. The van der Waals surface area contributed by atoms with Crippen LogP contribution in [-0.4, -0.2) is 52.3 Å². The molecular weight excluding hydrogens is 399 g/mol. The molecule has 3 heterocycles. The fraction of sp³-hybridized carbons (Fsp3) is 0.316. The Labute approximate surface area is 169 Å². The van der Waals surface area contributed by atoms with Crippen molar-refractivity contribution in [3.8, 4) is 0 Å². The molecule has 1 saturated heterocycles. The molecule has 1 aromatic carbocycles. The van der Waals surface area contributed by atoms with Crippen molar-refractivity contribution in [3.05, 3.63) is 51.9 Å². The predicted octanol–water partition coefficient (Wildman–Crippen LogP) is 2.58. The van der Waals surface area contributed by atoms with E-state index < -0.39 is 0 Å². The zero-order chi connectivity index (χ0) is 19.7. The molecule has 1 fully saturated rings. The van der Waals surface area contributed by atoms with Crippen LogP contribution >= 0.6 is 23.1 Å². The van der Waals surface area contributed by atoms with Gasteiger partial charge in [-0.1, -0.05) is 11.8 Å². The summed E-state index contributed by atoms with van der Waals surface area (Å²) in [6, 6.07) is 8.24. The van der Waals surface area contributed by atoms with Gasteiger partial charge < -0.3 is 9.80 Å². The highest BCUT2D eigenvalue weighted by Gasteiger charge is 2.22. The number of carbonyl (C=O) groups is 1. The van der Waals surface area contributed by atoms with Crippen LogP contribution in [-0.2, 0) is 11.8 Å². The van der Waals surface area contributed by atoms with Gasteiger partial charge in [-0.05, 0) is 35.7 Å². The molecule has 1 aliphatic rings. The molecule has 6 nitrogen and oxygen atoms in total. The van der Waals surface area contributed by atoms with E-state index in [1.165, 1.54) is 39.8 Å². The van der Waals surface area contributed by atoms with Crippen LogP contribution in [0.1, 0.15) is 0 Å². The van der Waals surface area contributed by atoms with Crippen LogP contribution in [0.2, 0.25) is 0 Å². The highest BCUT2D eigenvalue weighted by molar-refractivity contribution is 7.99. The SMILES string of the molecule is Cn1c(SCC(=O)N2CCN(c3ccc(F)cc3)CC2)nc2ccsc2c1=O. The number of anilines is 1. The number of rotatable bonds is 4. The molecule has 0 radical (unpaired) electrons. The minimum Gasteiger partial charge on any atom is -0.368 e. The van der Waals surface area contributed by atoms with E-state index in [1.807, 2.05) is 16.3 Å². The van der Waals surface area contributed by atoms with Crippen LogP contribution in [0.4, 0.5) is 10.1 Å². The number of amides is 1. The lowest BCUT2D eigenvalue weighted by molar-refractivity contribution is -0.128. The van der Waals surface area contributed by atoms with Crippen LogP contribution in [0.15, 0.2) is 45.7 Å². The molecule has 1 amide bonds. The average molecular weight is 419 g/mol. The predicted molar refractivity (Wildman–Crippen MR) is 111 cm³/mol. The lowest BCUT2D eigenvalue weighted by atomic mass is 10.2. The fourth-order valence-corrected chi connectivity index (χ4v) is 4.86. The van der Waals surface area contributed by atoms with Crippen molar-refractivity contribution in [2.24, 2.45) is 7.05 Å². The number of thioether (sulfide) groups is 1. The van der Waals surface area contributed by atoms with Gasteiger partial charge in [0.25, 0.3) is 5.56 Å². The van der Waals surface area contributed by atoms with Crippen molar-refractivity contribution >= 4 is 44.9 Å². The number of halogens is 1. The standard InChI is InChI=1S/C19H19FN4O2S2/c1-22-18(26)17-15(6-11-27-17)21-19(22)28-12-16(25)24-9-7-23(8-10-24)14-4-2-13(20)3-5-14/h2-6,11H,7-10,12H2,1H3. The number of fused-ring (bicyclic) bond motifs is 1. The summed E-state index contributed by atoms with van der Waals surface area (Å²) in [7, 11) is 1.68. The molecule has 2 aromatic heterocycles. The van der Waals surface area contributed by atoms with E-state index >= 15 is 0 Å². The average Bonchev–Trinajstić information content (AvgIpc) is 3.19. The van der Waals surface area contributed by atoms with E-state index in [2.05, 4.69) is 9.88 Å². The van der Waals surface area contributed by atoms with Gasteiger partial charge in [-0.2, -0.15) is 0 Å². The molecule has 28 heavy (non-hydrogen) atoms. The zero-order valence-electron chi connectivity index (χ0n) is 15.3. The Kier molecular flexibility index (Phi) is 5.36. The van der Waals surface area contributed by atoms with Crippen molar-refractivity contribution in [2.75, 3.05) is 36.8 Å². The summed E-state index contributed by atoms with van der Waals surface area (Å²) < 4.78 is 15.2. The van der Waals surface area contributed by atoms with Gasteiger partial charge in [0.2, 0.25) is 5.91 Å². The number of aromatic nitrogens is 2. The number of carbonyl (C=O) groups excluding carboxylic acids is 1. The quantitative estimate of drug-likeness (QED) is 0.482. The van der Waals surface area contributed by atoms with Gasteiger partial charge in [0.05, 0.1) is 11.3 Å². The number of hydrogen-bond donors (Lipinski definition) is 0. The second-order valence-electron chi connectivity index (χ2n) is 6.53. The highest BCUT2D eigenvalue weighted by Crippen LogP contribution is 2.21. The summed E-state index contributed by atoms with van der Waals surface area (Å²) in [5.41, 5.74) is 1.56. The second-order valence-corrected chi connectivity index (χ2v) is 8.39. The molecule has 3 aromatic rings. The van der Waals surface area contributed by atoms with Crippen molar-refractivity contribution in [3.63, 3.8) is 0 Å². The topological polar surface area (TPSA) is 58.4 Å². The van der Waals surface area contributed by atoms with Gasteiger partial charge in [0.1, 0.15) is 10.5 Å². The summed E-state index contributed by atoms with van der Waals surface area (Å²) in [4.78, 5) is 33.4. The van der Waals surface area contributed by atoms with Crippen molar-refractivity contribution in [2.45, 2.75) is 5.16 Å². The van der Waals surface area contributed by atoms with Gasteiger partial charge >= 0.3 is 0 Å². The molecule has 146 valence electrons. The first-order chi connectivity index (χ1) is 13.5. The minimum atomic E-state index is -0.252. The lowest BCUT2D eigenvalue weighted by Crippen LogP contribution is -2.49. The van der Waals surface area contributed by atoms with Crippen molar-refractivity contribution in [1.82, 2.24) is 14.5 Å². The van der Waals surface area contributed by atoms with Gasteiger partial charge in [-0.15, -0.1) is 11.3 Å². The maximum Gasteiger partial charge on any atom is 0.271 e. The molecular formula is C19H19FN4O2S2. The van der Waals surface area contributed by atoms with Crippen LogP contribution in [0.5, 0.6) is 0 Å². The van der Waals surface area contributed by atoms with E-state index in [9.17, 15) is 14.0 Å². The first-order valence-electron chi connectivity index (χ1n) is 8.88. The van der Waals surface area contributed by atoms with Gasteiger partial charge in [0.15, 0.2) is 5.16 Å². The molecule has 9 heteroatoms. The number of benzene rings is 1. The second kappa shape index (κ2) is 7.92. The molecule has 0 bridgehead atoms. The molecule has 0 unspecified atom stereocenters. The molecule has 0 aliphatic carbocycles. The van der Waals surface area contributed by atoms with Gasteiger partial charge in [0, 0.05) is 38.9 Å². The molecule has 0 saturated carbocycles. The first kappa shape index (κ1) is 18.9. The highest BCUT2D eigenvalue weighted by atomic mass is 32.2. The zero-order valence-corrected chi connectivity index (χ0v) is 16.9. The smallest absolute Gasteiger partial charge is 0.271 e. The summed E-state index contributed by atoms with van der Waals surface area (Å²) in [6.07, 6.45) is 0. The summed E-state index contributed by atoms with van der Waals surface area (Å²) >= 11 is 2.67. The number of nitrogens with zero attached hydrogens (tertiary/aromatic N) is 4.